The molecule has 0 fully saturated rings. The lowest BCUT2D eigenvalue weighted by Crippen LogP contribution is -2.38. The number of benzene rings is 2. The van der Waals surface area contributed by atoms with E-state index in [2.05, 4.69) is 15.7 Å². The lowest BCUT2D eigenvalue weighted by atomic mass is 10.1. The minimum absolute atomic E-state index is 0.145. The van der Waals surface area contributed by atoms with E-state index in [1.165, 1.54) is 41.2 Å². The Hall–Kier alpha value is -3.36. The largest absolute Gasteiger partial charge is 0.416 e. The number of anilines is 1. The summed E-state index contributed by atoms with van der Waals surface area (Å²) in [7, 11) is 0. The fraction of sp³-hybridized carbons (Fsp3) is 0.111. The molecule has 1 aromatic heterocycles. The van der Waals surface area contributed by atoms with E-state index in [1.54, 1.807) is 6.07 Å². The van der Waals surface area contributed by atoms with Gasteiger partial charge >= 0.3 is 6.18 Å². The van der Waals surface area contributed by atoms with Crippen LogP contribution in [0, 0.1) is 5.82 Å². The summed E-state index contributed by atoms with van der Waals surface area (Å²) in [6, 6.07) is 10.3. The SMILES string of the molecule is O=C1N[C@@H](c2cccc(F)c2)Nc2c1cnn2-c1cccc(C(F)(F)F)c1. The first kappa shape index (κ1) is 17.1. The molecule has 2 N–H and O–H groups in total. The molecule has 4 rings (SSSR count). The Labute approximate surface area is 150 Å². The molecular formula is C18H12F4N4O. The van der Waals surface area contributed by atoms with E-state index < -0.39 is 29.6 Å². The number of halogens is 4. The Morgan fingerprint density at radius 1 is 1.04 bits per heavy atom. The minimum Gasteiger partial charge on any atom is -0.345 e. The summed E-state index contributed by atoms with van der Waals surface area (Å²) in [5, 5.41) is 9.70. The van der Waals surface area contributed by atoms with E-state index in [9.17, 15) is 22.4 Å². The lowest BCUT2D eigenvalue weighted by Gasteiger charge is -2.27. The van der Waals surface area contributed by atoms with Gasteiger partial charge in [-0.3, -0.25) is 4.79 Å². The molecule has 0 aliphatic carbocycles. The smallest absolute Gasteiger partial charge is 0.345 e. The van der Waals surface area contributed by atoms with Crippen LogP contribution in [0.25, 0.3) is 5.69 Å². The number of aromatic nitrogens is 2. The van der Waals surface area contributed by atoms with Gasteiger partial charge in [0.25, 0.3) is 5.91 Å². The third-order valence-electron chi connectivity index (χ3n) is 4.17. The van der Waals surface area contributed by atoms with Gasteiger partial charge in [-0.2, -0.15) is 18.3 Å². The molecule has 9 heteroatoms. The number of fused-ring (bicyclic) bond motifs is 1. The standard InChI is InChI=1S/C18H12F4N4O/c19-12-5-1-3-10(7-12)15-24-16-14(17(27)25-15)9-23-26(16)13-6-2-4-11(8-13)18(20,21)22/h1-9,15,24H,(H,25,27)/t15-/m0/s1. The number of hydrogen-bond acceptors (Lipinski definition) is 3. The molecular weight excluding hydrogens is 364 g/mol. The highest BCUT2D eigenvalue weighted by molar-refractivity contribution is 6.01. The Morgan fingerprint density at radius 2 is 1.81 bits per heavy atom. The number of carbonyl (C=O) groups is 1. The second-order valence-corrected chi connectivity index (χ2v) is 5.97. The van der Waals surface area contributed by atoms with Gasteiger partial charge in [-0.15, -0.1) is 0 Å². The van der Waals surface area contributed by atoms with Gasteiger partial charge < -0.3 is 10.6 Å². The van der Waals surface area contributed by atoms with E-state index in [1.807, 2.05) is 0 Å². The lowest BCUT2D eigenvalue weighted by molar-refractivity contribution is -0.137. The van der Waals surface area contributed by atoms with Gasteiger partial charge in [0.05, 0.1) is 17.4 Å². The highest BCUT2D eigenvalue weighted by Gasteiger charge is 2.32. The highest BCUT2D eigenvalue weighted by atomic mass is 19.4. The van der Waals surface area contributed by atoms with E-state index in [4.69, 9.17) is 0 Å². The third-order valence-corrected chi connectivity index (χ3v) is 4.17. The maximum atomic E-state index is 13.5. The predicted octanol–water partition coefficient (Wildman–Crippen LogP) is 3.88. The number of rotatable bonds is 2. The summed E-state index contributed by atoms with van der Waals surface area (Å²) in [6.45, 7) is 0. The van der Waals surface area contributed by atoms with E-state index in [0.717, 1.165) is 12.1 Å². The van der Waals surface area contributed by atoms with Crippen LogP contribution >= 0.6 is 0 Å². The van der Waals surface area contributed by atoms with Crippen molar-refractivity contribution in [1.82, 2.24) is 15.1 Å². The number of carbonyl (C=O) groups excluding carboxylic acids is 1. The highest BCUT2D eigenvalue weighted by Crippen LogP contribution is 2.33. The van der Waals surface area contributed by atoms with Crippen LogP contribution in [0.2, 0.25) is 0 Å². The van der Waals surface area contributed by atoms with Crippen LogP contribution in [0.4, 0.5) is 23.4 Å². The molecule has 1 amide bonds. The second kappa shape index (κ2) is 6.11. The maximum absolute atomic E-state index is 13.5. The topological polar surface area (TPSA) is 59.0 Å². The average molecular weight is 376 g/mol. The van der Waals surface area contributed by atoms with Crippen molar-refractivity contribution in [3.8, 4) is 5.69 Å². The monoisotopic (exact) mass is 376 g/mol. The van der Waals surface area contributed by atoms with Crippen LogP contribution < -0.4 is 10.6 Å². The summed E-state index contributed by atoms with van der Waals surface area (Å²) in [5.41, 5.74) is -0.0386. The van der Waals surface area contributed by atoms with Crippen molar-refractivity contribution >= 4 is 11.7 Å². The zero-order chi connectivity index (χ0) is 19.2. The van der Waals surface area contributed by atoms with Gasteiger partial charge in [-0.25, -0.2) is 9.07 Å². The summed E-state index contributed by atoms with van der Waals surface area (Å²) < 4.78 is 53.7. The molecule has 138 valence electrons. The quantitative estimate of drug-likeness (QED) is 0.668. The van der Waals surface area contributed by atoms with Crippen LogP contribution in [0.5, 0.6) is 0 Å². The molecule has 1 atom stereocenters. The van der Waals surface area contributed by atoms with Gasteiger partial charge in [-0.05, 0) is 35.9 Å². The first-order valence-corrected chi connectivity index (χ1v) is 7.91. The Bertz CT molecular complexity index is 1030. The molecule has 3 aromatic rings. The third kappa shape index (κ3) is 3.12. The van der Waals surface area contributed by atoms with Crippen molar-refractivity contribution in [3.05, 3.63) is 77.2 Å². The van der Waals surface area contributed by atoms with E-state index in [0.29, 0.717) is 5.56 Å². The number of amides is 1. The Morgan fingerprint density at radius 3 is 2.56 bits per heavy atom. The molecule has 1 aliphatic rings. The van der Waals surface area contributed by atoms with Crippen molar-refractivity contribution in [2.75, 3.05) is 5.32 Å². The van der Waals surface area contributed by atoms with Crippen molar-refractivity contribution in [1.29, 1.82) is 0 Å². The van der Waals surface area contributed by atoms with Crippen molar-refractivity contribution in [2.24, 2.45) is 0 Å². The van der Waals surface area contributed by atoms with Gasteiger partial charge in [-0.1, -0.05) is 18.2 Å². The van der Waals surface area contributed by atoms with Crippen LogP contribution in [0.1, 0.15) is 27.7 Å². The van der Waals surface area contributed by atoms with Crippen LogP contribution in [0.3, 0.4) is 0 Å². The number of nitrogens with zero attached hydrogens (tertiary/aromatic N) is 2. The minimum atomic E-state index is -4.50. The van der Waals surface area contributed by atoms with Gasteiger partial charge in [0.15, 0.2) is 0 Å². The second-order valence-electron chi connectivity index (χ2n) is 5.97. The average Bonchev–Trinajstić information content (AvgIpc) is 3.06. The Kier molecular flexibility index (Phi) is 3.87. The summed E-state index contributed by atoms with van der Waals surface area (Å²) in [4.78, 5) is 12.3. The summed E-state index contributed by atoms with van der Waals surface area (Å²) in [5.74, 6) is -0.704. The maximum Gasteiger partial charge on any atom is 0.416 e. The molecule has 0 spiro atoms. The number of nitrogens with one attached hydrogen (secondary N) is 2. The molecule has 0 unspecified atom stereocenters. The summed E-state index contributed by atoms with van der Waals surface area (Å²) in [6.07, 6.45) is -3.99. The predicted molar refractivity (Wildman–Crippen MR) is 88.8 cm³/mol. The molecule has 0 radical (unpaired) electrons. The first-order chi connectivity index (χ1) is 12.8. The van der Waals surface area contributed by atoms with Crippen LogP contribution in [-0.4, -0.2) is 15.7 Å². The number of alkyl halides is 3. The fourth-order valence-corrected chi connectivity index (χ4v) is 2.90. The molecule has 0 bridgehead atoms. The molecule has 27 heavy (non-hydrogen) atoms. The van der Waals surface area contributed by atoms with E-state index >= 15 is 0 Å². The Balaban J connectivity index is 1.75. The van der Waals surface area contributed by atoms with Gasteiger partial charge in [0, 0.05) is 0 Å². The normalized spacial score (nSPS) is 16.4. The molecule has 2 heterocycles. The van der Waals surface area contributed by atoms with Crippen molar-refractivity contribution < 1.29 is 22.4 Å². The van der Waals surface area contributed by atoms with Crippen molar-refractivity contribution in [2.45, 2.75) is 12.3 Å². The van der Waals surface area contributed by atoms with Gasteiger partial charge in [0.2, 0.25) is 0 Å². The van der Waals surface area contributed by atoms with Crippen molar-refractivity contribution in [3.63, 3.8) is 0 Å². The van der Waals surface area contributed by atoms with Crippen LogP contribution in [-0.2, 0) is 6.18 Å². The molecule has 1 aliphatic heterocycles. The zero-order valence-corrected chi connectivity index (χ0v) is 13.6. The van der Waals surface area contributed by atoms with E-state index in [-0.39, 0.29) is 17.1 Å². The molecule has 5 nitrogen and oxygen atoms in total. The zero-order valence-electron chi connectivity index (χ0n) is 13.6. The van der Waals surface area contributed by atoms with Crippen LogP contribution in [0.15, 0.2) is 54.7 Å². The molecule has 2 aromatic carbocycles. The fourth-order valence-electron chi connectivity index (χ4n) is 2.90. The number of hydrogen-bond donors (Lipinski definition) is 2. The first-order valence-electron chi connectivity index (χ1n) is 7.91. The molecule has 0 saturated heterocycles. The molecule has 0 saturated carbocycles. The summed E-state index contributed by atoms with van der Waals surface area (Å²) >= 11 is 0. The van der Waals surface area contributed by atoms with Gasteiger partial charge in [0.1, 0.15) is 23.4 Å².